The zero-order valence-corrected chi connectivity index (χ0v) is 10.6. The highest BCUT2D eigenvalue weighted by Crippen LogP contribution is 2.34. The van der Waals surface area contributed by atoms with Gasteiger partial charge in [-0.25, -0.2) is 9.97 Å². The van der Waals surface area contributed by atoms with Gasteiger partial charge in [0, 0.05) is 24.3 Å². The zero-order chi connectivity index (χ0) is 13.9. The highest BCUT2D eigenvalue weighted by atomic mass is 19.4. The molecule has 1 heterocycles. The molecule has 1 aliphatic carbocycles. The Morgan fingerprint density at radius 2 is 1.84 bits per heavy atom. The lowest BCUT2D eigenvalue weighted by atomic mass is 10.1. The van der Waals surface area contributed by atoms with E-state index in [2.05, 4.69) is 15.3 Å². The van der Waals surface area contributed by atoms with Crippen LogP contribution in [-0.4, -0.2) is 23.1 Å². The molecular formula is C12H17F3N4. The van der Waals surface area contributed by atoms with E-state index in [1.165, 1.54) is 0 Å². The van der Waals surface area contributed by atoms with Crippen LogP contribution in [0.4, 0.5) is 19.1 Å². The molecule has 1 aromatic heterocycles. The number of alkyl halides is 3. The standard InChI is InChI=1S/C12H17F3N4/c13-12(14,15)10-8-4-2-1-3-5-9(8)18-11(19-10)17-7-6-16/h1-7,16H2,(H,17,18,19). The number of nitrogens with two attached hydrogens (primary N) is 1. The number of hydrogen-bond donors (Lipinski definition) is 2. The largest absolute Gasteiger partial charge is 0.433 e. The topological polar surface area (TPSA) is 63.8 Å². The minimum absolute atomic E-state index is 0.0263. The molecule has 0 aromatic carbocycles. The average molecular weight is 274 g/mol. The lowest BCUT2D eigenvalue weighted by Gasteiger charge is -2.15. The number of hydrogen-bond acceptors (Lipinski definition) is 4. The fourth-order valence-corrected chi connectivity index (χ4v) is 2.27. The molecule has 0 unspecified atom stereocenters. The van der Waals surface area contributed by atoms with Crippen LogP contribution in [0.25, 0.3) is 0 Å². The quantitative estimate of drug-likeness (QED) is 0.829. The second kappa shape index (κ2) is 5.73. The van der Waals surface area contributed by atoms with E-state index < -0.39 is 11.9 Å². The molecule has 4 nitrogen and oxygen atoms in total. The molecule has 7 heteroatoms. The van der Waals surface area contributed by atoms with Crippen molar-refractivity contribution in [2.75, 3.05) is 18.4 Å². The summed E-state index contributed by atoms with van der Waals surface area (Å²) < 4.78 is 39.2. The highest BCUT2D eigenvalue weighted by molar-refractivity contribution is 5.37. The molecule has 3 N–H and O–H groups in total. The third-order valence-corrected chi connectivity index (χ3v) is 3.13. The summed E-state index contributed by atoms with van der Waals surface area (Å²) in [6, 6.07) is 0. The molecule has 1 aliphatic rings. The highest BCUT2D eigenvalue weighted by Gasteiger charge is 2.37. The number of aryl methyl sites for hydroxylation is 1. The lowest BCUT2D eigenvalue weighted by Crippen LogP contribution is -2.20. The van der Waals surface area contributed by atoms with E-state index in [0.29, 0.717) is 31.6 Å². The predicted molar refractivity (Wildman–Crippen MR) is 65.8 cm³/mol. The van der Waals surface area contributed by atoms with Crippen LogP contribution in [0.2, 0.25) is 0 Å². The molecule has 19 heavy (non-hydrogen) atoms. The maximum absolute atomic E-state index is 13.1. The summed E-state index contributed by atoms with van der Waals surface area (Å²) in [5.74, 6) is 0.0263. The first-order chi connectivity index (χ1) is 9.02. The monoisotopic (exact) mass is 274 g/mol. The van der Waals surface area contributed by atoms with Crippen LogP contribution >= 0.6 is 0 Å². The van der Waals surface area contributed by atoms with Gasteiger partial charge in [0.05, 0.1) is 0 Å². The Hall–Kier alpha value is -1.37. The Kier molecular flexibility index (Phi) is 4.24. The van der Waals surface area contributed by atoms with Gasteiger partial charge >= 0.3 is 6.18 Å². The number of aromatic nitrogens is 2. The van der Waals surface area contributed by atoms with Crippen LogP contribution in [-0.2, 0) is 19.0 Å². The first kappa shape index (κ1) is 14.0. The Bertz CT molecular complexity index is 445. The number of fused-ring (bicyclic) bond motifs is 1. The summed E-state index contributed by atoms with van der Waals surface area (Å²) in [5.41, 5.74) is 5.32. The molecule has 0 aliphatic heterocycles. The lowest BCUT2D eigenvalue weighted by molar-refractivity contribution is -0.141. The van der Waals surface area contributed by atoms with Gasteiger partial charge in [-0.1, -0.05) is 6.42 Å². The smallest absolute Gasteiger partial charge is 0.353 e. The summed E-state index contributed by atoms with van der Waals surface area (Å²) in [6.07, 6.45) is -0.887. The fourth-order valence-electron chi connectivity index (χ4n) is 2.27. The van der Waals surface area contributed by atoms with E-state index in [0.717, 1.165) is 19.3 Å². The summed E-state index contributed by atoms with van der Waals surface area (Å²) in [5, 5.41) is 2.73. The van der Waals surface area contributed by atoms with Gasteiger partial charge in [-0.05, 0) is 25.7 Å². The van der Waals surface area contributed by atoms with Crippen LogP contribution in [0, 0.1) is 0 Å². The fraction of sp³-hybridized carbons (Fsp3) is 0.667. The second-order valence-corrected chi connectivity index (χ2v) is 4.59. The Morgan fingerprint density at radius 1 is 1.11 bits per heavy atom. The van der Waals surface area contributed by atoms with Crippen molar-refractivity contribution in [2.45, 2.75) is 38.3 Å². The van der Waals surface area contributed by atoms with Crippen LogP contribution in [0.1, 0.15) is 36.2 Å². The number of anilines is 1. The van der Waals surface area contributed by atoms with Gasteiger partial charge in [0.1, 0.15) is 0 Å². The first-order valence-corrected chi connectivity index (χ1v) is 6.43. The third kappa shape index (κ3) is 3.34. The van der Waals surface area contributed by atoms with Gasteiger partial charge in [-0.3, -0.25) is 0 Å². The Balaban J connectivity index is 2.43. The molecule has 0 bridgehead atoms. The van der Waals surface area contributed by atoms with Gasteiger partial charge in [-0.15, -0.1) is 0 Å². The van der Waals surface area contributed by atoms with E-state index in [9.17, 15) is 13.2 Å². The van der Waals surface area contributed by atoms with Crippen molar-refractivity contribution in [3.8, 4) is 0 Å². The van der Waals surface area contributed by atoms with Crippen molar-refractivity contribution in [3.05, 3.63) is 17.0 Å². The van der Waals surface area contributed by atoms with Crippen molar-refractivity contribution in [1.29, 1.82) is 0 Å². The van der Waals surface area contributed by atoms with Crippen LogP contribution in [0.5, 0.6) is 0 Å². The molecule has 0 amide bonds. The maximum Gasteiger partial charge on any atom is 0.433 e. The minimum Gasteiger partial charge on any atom is -0.353 e. The van der Waals surface area contributed by atoms with Gasteiger partial charge in [0.25, 0.3) is 0 Å². The molecule has 1 aromatic rings. The number of nitrogens with zero attached hydrogens (tertiary/aromatic N) is 2. The molecule has 0 atom stereocenters. The molecule has 0 saturated carbocycles. The molecule has 2 rings (SSSR count). The number of rotatable bonds is 3. The molecule has 0 fully saturated rings. The third-order valence-electron chi connectivity index (χ3n) is 3.13. The molecule has 0 spiro atoms. The van der Waals surface area contributed by atoms with Crippen molar-refractivity contribution in [3.63, 3.8) is 0 Å². The van der Waals surface area contributed by atoms with E-state index in [1.54, 1.807) is 0 Å². The number of nitrogens with one attached hydrogen (secondary N) is 1. The average Bonchev–Trinajstić information content (AvgIpc) is 2.59. The van der Waals surface area contributed by atoms with Crippen LogP contribution < -0.4 is 11.1 Å². The molecule has 106 valence electrons. The maximum atomic E-state index is 13.1. The van der Waals surface area contributed by atoms with Crippen molar-refractivity contribution in [2.24, 2.45) is 5.73 Å². The van der Waals surface area contributed by atoms with Gasteiger partial charge in [-0.2, -0.15) is 13.2 Å². The van der Waals surface area contributed by atoms with E-state index in [4.69, 9.17) is 5.73 Å². The van der Waals surface area contributed by atoms with E-state index in [-0.39, 0.29) is 11.5 Å². The van der Waals surface area contributed by atoms with E-state index >= 15 is 0 Å². The zero-order valence-electron chi connectivity index (χ0n) is 10.6. The summed E-state index contributed by atoms with van der Waals surface area (Å²) in [4.78, 5) is 7.84. The van der Waals surface area contributed by atoms with E-state index in [1.807, 2.05) is 0 Å². The van der Waals surface area contributed by atoms with Gasteiger partial charge < -0.3 is 11.1 Å². The summed E-state index contributed by atoms with van der Waals surface area (Å²) in [6.45, 7) is 0.678. The second-order valence-electron chi connectivity index (χ2n) is 4.59. The summed E-state index contributed by atoms with van der Waals surface area (Å²) >= 11 is 0. The summed E-state index contributed by atoms with van der Waals surface area (Å²) in [7, 11) is 0. The van der Waals surface area contributed by atoms with Crippen molar-refractivity contribution in [1.82, 2.24) is 9.97 Å². The van der Waals surface area contributed by atoms with Gasteiger partial charge in [0.2, 0.25) is 5.95 Å². The normalized spacial score (nSPS) is 15.8. The Morgan fingerprint density at radius 3 is 2.53 bits per heavy atom. The molecule has 0 saturated heterocycles. The molecular weight excluding hydrogens is 257 g/mol. The predicted octanol–water partition coefficient (Wildman–Crippen LogP) is 2.13. The van der Waals surface area contributed by atoms with Gasteiger partial charge in [0.15, 0.2) is 5.69 Å². The van der Waals surface area contributed by atoms with Crippen molar-refractivity contribution >= 4 is 5.95 Å². The molecule has 0 radical (unpaired) electrons. The van der Waals surface area contributed by atoms with Crippen LogP contribution in [0.15, 0.2) is 0 Å². The first-order valence-electron chi connectivity index (χ1n) is 6.43. The number of halogens is 3. The SMILES string of the molecule is NCCNc1nc2c(c(C(F)(F)F)n1)CCCCC2. The van der Waals surface area contributed by atoms with Crippen LogP contribution in [0.3, 0.4) is 0 Å². The Labute approximate surface area is 109 Å². The minimum atomic E-state index is -4.43. The van der Waals surface area contributed by atoms with Crippen molar-refractivity contribution < 1.29 is 13.2 Å².